The molecule has 1 aromatic heterocycles. The van der Waals surface area contributed by atoms with Gasteiger partial charge in [0.2, 0.25) is 0 Å². The van der Waals surface area contributed by atoms with Gasteiger partial charge in [-0.15, -0.1) is 11.3 Å². The van der Waals surface area contributed by atoms with Crippen LogP contribution in [0.4, 0.5) is 15.1 Å². The lowest BCUT2D eigenvalue weighted by Gasteiger charge is -2.07. The average molecular weight is 485 g/mol. The maximum atomic E-state index is 14.0. The third kappa shape index (κ3) is 5.29. The minimum absolute atomic E-state index is 0.00000158. The van der Waals surface area contributed by atoms with Crippen LogP contribution < -0.4 is 10.6 Å². The van der Waals surface area contributed by atoms with Crippen molar-refractivity contribution in [3.8, 4) is 0 Å². The van der Waals surface area contributed by atoms with Gasteiger partial charge in [0.05, 0.1) is 35.3 Å². The van der Waals surface area contributed by atoms with Gasteiger partial charge in [0.15, 0.2) is 0 Å². The van der Waals surface area contributed by atoms with Crippen molar-refractivity contribution in [2.24, 2.45) is 0 Å². The fourth-order valence-electron chi connectivity index (χ4n) is 3.07. The van der Waals surface area contributed by atoms with Crippen molar-refractivity contribution in [1.29, 1.82) is 0 Å². The van der Waals surface area contributed by atoms with Gasteiger partial charge in [0.1, 0.15) is 10.8 Å². The monoisotopic (exact) mass is 484 g/mol. The van der Waals surface area contributed by atoms with Crippen LogP contribution in [0.3, 0.4) is 0 Å². The summed E-state index contributed by atoms with van der Waals surface area (Å²) in [5, 5.41) is 5.24. The van der Waals surface area contributed by atoms with E-state index in [4.69, 9.17) is 9.47 Å². The van der Waals surface area contributed by atoms with Gasteiger partial charge in [-0.3, -0.25) is 9.59 Å². The highest BCUT2D eigenvalue weighted by Crippen LogP contribution is 2.34. The summed E-state index contributed by atoms with van der Waals surface area (Å²) in [7, 11) is 1.17. The maximum absolute atomic E-state index is 14.0. The third-order valence-electron chi connectivity index (χ3n) is 4.74. The summed E-state index contributed by atoms with van der Waals surface area (Å²) in [5.41, 5.74) is 0.819. The molecular weight excluding hydrogens is 463 g/mol. The predicted octanol–water partition coefficient (Wildman–Crippen LogP) is 4.66. The molecule has 8 nitrogen and oxygen atoms in total. The molecule has 10 heteroatoms. The molecule has 0 spiro atoms. The Balaban J connectivity index is 1.87. The van der Waals surface area contributed by atoms with E-state index < -0.39 is 29.6 Å². The molecule has 0 saturated heterocycles. The average Bonchev–Trinajstić information content (AvgIpc) is 3.15. The molecule has 0 radical (unpaired) electrons. The minimum Gasteiger partial charge on any atom is -0.465 e. The van der Waals surface area contributed by atoms with Gasteiger partial charge < -0.3 is 20.1 Å². The fraction of sp³-hybridized carbons (Fsp3) is 0.167. The molecule has 2 aromatic carbocycles. The molecule has 3 rings (SSSR count). The molecule has 0 bridgehead atoms. The number of amides is 2. The molecular formula is C24H21FN2O6S. The Morgan fingerprint density at radius 1 is 0.941 bits per heavy atom. The van der Waals surface area contributed by atoms with E-state index in [1.807, 2.05) is 0 Å². The second-order valence-electron chi connectivity index (χ2n) is 6.94. The summed E-state index contributed by atoms with van der Waals surface area (Å²) in [5.74, 6) is -3.27. The number of hydrogen-bond acceptors (Lipinski definition) is 7. The second kappa shape index (κ2) is 10.7. The molecule has 2 N–H and O–H groups in total. The zero-order valence-corrected chi connectivity index (χ0v) is 19.4. The highest BCUT2D eigenvalue weighted by Gasteiger charge is 2.27. The van der Waals surface area contributed by atoms with Crippen molar-refractivity contribution in [2.75, 3.05) is 24.4 Å². The number of halogens is 1. The Kier molecular flexibility index (Phi) is 7.75. The molecule has 2 amide bonds. The third-order valence-corrected chi connectivity index (χ3v) is 5.95. The number of thiophene rings is 1. The summed E-state index contributed by atoms with van der Waals surface area (Å²) >= 11 is 0.859. The zero-order valence-electron chi connectivity index (χ0n) is 18.6. The van der Waals surface area contributed by atoms with Crippen molar-refractivity contribution >= 4 is 45.8 Å². The van der Waals surface area contributed by atoms with E-state index in [-0.39, 0.29) is 27.6 Å². The molecule has 0 unspecified atom stereocenters. The summed E-state index contributed by atoms with van der Waals surface area (Å²) in [4.78, 5) is 49.8. The van der Waals surface area contributed by atoms with Crippen molar-refractivity contribution < 1.29 is 33.0 Å². The van der Waals surface area contributed by atoms with Crippen molar-refractivity contribution in [3.63, 3.8) is 0 Å². The largest absolute Gasteiger partial charge is 0.465 e. The van der Waals surface area contributed by atoms with Crippen LogP contribution in [0, 0.1) is 12.7 Å². The Morgan fingerprint density at radius 2 is 1.62 bits per heavy atom. The molecule has 0 aliphatic carbocycles. The first-order chi connectivity index (χ1) is 16.3. The lowest BCUT2D eigenvalue weighted by atomic mass is 10.1. The topological polar surface area (TPSA) is 111 Å². The van der Waals surface area contributed by atoms with Crippen molar-refractivity contribution in [2.45, 2.75) is 13.8 Å². The van der Waals surface area contributed by atoms with Crippen molar-refractivity contribution in [3.05, 3.63) is 81.5 Å². The maximum Gasteiger partial charge on any atom is 0.341 e. The van der Waals surface area contributed by atoms with Gasteiger partial charge in [-0.25, -0.2) is 14.0 Å². The first-order valence-corrected chi connectivity index (χ1v) is 10.9. The number of rotatable bonds is 7. The number of anilines is 2. The molecule has 0 fully saturated rings. The highest BCUT2D eigenvalue weighted by atomic mass is 32.1. The van der Waals surface area contributed by atoms with E-state index in [9.17, 15) is 23.6 Å². The Morgan fingerprint density at radius 3 is 2.24 bits per heavy atom. The van der Waals surface area contributed by atoms with Crippen molar-refractivity contribution in [1.82, 2.24) is 0 Å². The smallest absolute Gasteiger partial charge is 0.341 e. The van der Waals surface area contributed by atoms with Crippen LogP contribution >= 0.6 is 11.3 Å². The molecule has 1 heterocycles. The summed E-state index contributed by atoms with van der Waals surface area (Å²) in [6.45, 7) is 3.49. The molecule has 0 aliphatic rings. The normalized spacial score (nSPS) is 10.4. The number of ether oxygens (including phenoxy) is 2. The van der Waals surface area contributed by atoms with E-state index in [1.165, 1.54) is 49.6 Å². The second-order valence-corrected chi connectivity index (χ2v) is 7.96. The Bertz CT molecular complexity index is 1250. The Labute approximate surface area is 198 Å². The van der Waals surface area contributed by atoms with Gasteiger partial charge >= 0.3 is 11.9 Å². The van der Waals surface area contributed by atoms with Crippen LogP contribution in [0.1, 0.15) is 53.2 Å². The van der Waals surface area contributed by atoms with Crippen LogP contribution in [-0.2, 0) is 9.47 Å². The summed E-state index contributed by atoms with van der Waals surface area (Å²) < 4.78 is 23.7. The number of nitrogens with one attached hydrogen (secondary N) is 2. The summed E-state index contributed by atoms with van der Waals surface area (Å²) in [6.07, 6.45) is 0. The quantitative estimate of drug-likeness (QED) is 0.472. The van der Waals surface area contributed by atoms with E-state index in [2.05, 4.69) is 10.6 Å². The van der Waals surface area contributed by atoms with Crippen LogP contribution in [0.5, 0.6) is 0 Å². The van der Waals surface area contributed by atoms with E-state index >= 15 is 0 Å². The molecule has 176 valence electrons. The molecule has 34 heavy (non-hydrogen) atoms. The van der Waals surface area contributed by atoms with Gasteiger partial charge in [0.25, 0.3) is 11.8 Å². The number of benzene rings is 2. The first kappa shape index (κ1) is 24.6. The van der Waals surface area contributed by atoms with E-state index in [0.717, 1.165) is 17.4 Å². The fourth-order valence-corrected chi connectivity index (χ4v) is 4.16. The van der Waals surface area contributed by atoms with Crippen LogP contribution in [0.25, 0.3) is 0 Å². The van der Waals surface area contributed by atoms with Gasteiger partial charge in [-0.2, -0.15) is 0 Å². The lowest BCUT2D eigenvalue weighted by molar-refractivity contribution is 0.0525. The number of carbonyl (C=O) groups is 4. The van der Waals surface area contributed by atoms with Crippen LogP contribution in [0.15, 0.2) is 48.5 Å². The molecule has 0 aliphatic heterocycles. The van der Waals surface area contributed by atoms with Gasteiger partial charge in [0, 0.05) is 5.69 Å². The first-order valence-electron chi connectivity index (χ1n) is 10.1. The van der Waals surface area contributed by atoms with E-state index in [1.54, 1.807) is 13.8 Å². The predicted molar refractivity (Wildman–Crippen MR) is 125 cm³/mol. The highest BCUT2D eigenvalue weighted by molar-refractivity contribution is 7.19. The number of methoxy groups -OCH3 is 1. The van der Waals surface area contributed by atoms with Gasteiger partial charge in [-0.05, 0) is 55.8 Å². The van der Waals surface area contributed by atoms with Crippen LogP contribution in [-0.4, -0.2) is 37.5 Å². The number of hydrogen-bond donors (Lipinski definition) is 2. The SMILES string of the molecule is CCOC(=O)c1ccc(NC(=O)c2sc(NC(=O)c3ccccc3F)c(C(=O)OC)c2C)cc1. The summed E-state index contributed by atoms with van der Waals surface area (Å²) in [6, 6.07) is 11.5. The van der Waals surface area contributed by atoms with Crippen LogP contribution in [0.2, 0.25) is 0 Å². The zero-order chi connectivity index (χ0) is 24.8. The molecule has 0 atom stereocenters. The van der Waals surface area contributed by atoms with Gasteiger partial charge in [-0.1, -0.05) is 12.1 Å². The minimum atomic E-state index is -0.772. The molecule has 0 saturated carbocycles. The lowest BCUT2D eigenvalue weighted by Crippen LogP contribution is -2.15. The Hall–Kier alpha value is -4.05. The number of carbonyl (C=O) groups excluding carboxylic acids is 4. The number of esters is 2. The van der Waals surface area contributed by atoms with E-state index in [0.29, 0.717) is 16.8 Å². The standard InChI is InChI=1S/C24H21FN2O6S/c1-4-33-23(30)14-9-11-15(12-10-14)26-21(29)19-13(2)18(24(31)32-3)22(34-19)27-20(28)16-7-5-6-8-17(16)25/h5-12H,4H2,1-3H3,(H,26,29)(H,27,28). The molecule has 3 aromatic rings.